The lowest BCUT2D eigenvalue weighted by Crippen LogP contribution is -2.34. The second kappa shape index (κ2) is 9.57. The summed E-state index contributed by atoms with van der Waals surface area (Å²) < 4.78 is 12.6. The Morgan fingerprint density at radius 3 is 2.41 bits per heavy atom. The first-order valence-electron chi connectivity index (χ1n) is 11.8. The molecule has 2 amide bonds. The predicted octanol–water partition coefficient (Wildman–Crippen LogP) is 5.78. The summed E-state index contributed by atoms with van der Waals surface area (Å²) in [5.41, 5.74) is 1.80. The molecule has 0 saturated carbocycles. The van der Waals surface area contributed by atoms with Gasteiger partial charge in [0.15, 0.2) is 0 Å². The second-order valence-electron chi connectivity index (χ2n) is 10.5. The van der Waals surface area contributed by atoms with E-state index in [4.69, 9.17) is 14.5 Å². The number of carbonyl (C=O) groups excluding carboxylic acids is 2. The average Bonchev–Trinajstić information content (AvgIpc) is 3.41. The minimum Gasteiger partial charge on any atom is -0.444 e. The van der Waals surface area contributed by atoms with E-state index in [-0.39, 0.29) is 5.95 Å². The molecule has 0 bridgehead atoms. The molecule has 4 aromatic rings. The first kappa shape index (κ1) is 25.7. The van der Waals surface area contributed by atoms with Crippen molar-refractivity contribution >= 4 is 40.4 Å². The van der Waals surface area contributed by atoms with Crippen molar-refractivity contribution in [2.45, 2.75) is 52.7 Å². The van der Waals surface area contributed by atoms with Crippen molar-refractivity contribution in [2.75, 3.05) is 10.2 Å². The molecular formula is C26H31N7O4. The number of aromatic nitrogens is 5. The zero-order valence-corrected chi connectivity index (χ0v) is 22.0. The smallest absolute Gasteiger partial charge is 0.422 e. The number of anilines is 3. The summed E-state index contributed by atoms with van der Waals surface area (Å²) in [6.45, 7) is 10.8. The van der Waals surface area contributed by atoms with Gasteiger partial charge in [-0.25, -0.2) is 24.5 Å². The Hall–Kier alpha value is -4.41. The van der Waals surface area contributed by atoms with Gasteiger partial charge in [0.05, 0.1) is 28.8 Å². The molecule has 4 rings (SSSR count). The average molecular weight is 506 g/mol. The van der Waals surface area contributed by atoms with Gasteiger partial charge in [-0.15, -0.1) is 0 Å². The highest BCUT2D eigenvalue weighted by molar-refractivity contribution is 6.05. The summed E-state index contributed by atoms with van der Waals surface area (Å²) in [6.07, 6.45) is 5.41. The van der Waals surface area contributed by atoms with Crippen LogP contribution in [0.25, 0.3) is 22.2 Å². The number of amides is 2. The van der Waals surface area contributed by atoms with Crippen LogP contribution in [-0.4, -0.2) is 48.1 Å². The molecule has 0 aliphatic carbocycles. The topological polar surface area (TPSA) is 127 Å². The normalized spacial score (nSPS) is 11.9. The van der Waals surface area contributed by atoms with Gasteiger partial charge in [-0.1, -0.05) is 0 Å². The lowest BCUT2D eigenvalue weighted by atomic mass is 10.1. The summed E-state index contributed by atoms with van der Waals surface area (Å²) in [5, 5.41) is 7.76. The lowest BCUT2D eigenvalue weighted by molar-refractivity contribution is 0.0594. The fourth-order valence-corrected chi connectivity index (χ4v) is 3.63. The van der Waals surface area contributed by atoms with Gasteiger partial charge < -0.3 is 14.5 Å². The molecule has 37 heavy (non-hydrogen) atoms. The van der Waals surface area contributed by atoms with Gasteiger partial charge in [0.2, 0.25) is 5.95 Å². The van der Waals surface area contributed by atoms with E-state index in [0.717, 1.165) is 16.5 Å². The van der Waals surface area contributed by atoms with E-state index < -0.39 is 23.4 Å². The van der Waals surface area contributed by atoms with Crippen LogP contribution < -0.4 is 10.2 Å². The number of fused-ring (bicyclic) bond motifs is 1. The van der Waals surface area contributed by atoms with Gasteiger partial charge in [-0.2, -0.15) is 5.10 Å². The van der Waals surface area contributed by atoms with Gasteiger partial charge in [-0.05, 0) is 65.8 Å². The molecule has 2 N–H and O–H groups in total. The predicted molar refractivity (Wildman–Crippen MR) is 141 cm³/mol. The number of nitrogens with zero attached hydrogens (tertiary/aromatic N) is 5. The summed E-state index contributed by atoms with van der Waals surface area (Å²) >= 11 is 0. The van der Waals surface area contributed by atoms with Crippen LogP contribution in [0.1, 0.15) is 41.5 Å². The maximum absolute atomic E-state index is 13.2. The Morgan fingerprint density at radius 1 is 1.03 bits per heavy atom. The molecule has 0 aliphatic rings. The fraction of sp³-hybridized carbons (Fsp3) is 0.346. The molecule has 1 aromatic carbocycles. The number of H-pyrrole nitrogens is 1. The third-order valence-electron chi connectivity index (χ3n) is 5.00. The molecule has 0 radical (unpaired) electrons. The van der Waals surface area contributed by atoms with Gasteiger partial charge >= 0.3 is 12.2 Å². The van der Waals surface area contributed by atoms with Crippen LogP contribution in [0.5, 0.6) is 0 Å². The van der Waals surface area contributed by atoms with E-state index in [1.54, 1.807) is 90.2 Å². The third kappa shape index (κ3) is 6.05. The van der Waals surface area contributed by atoms with Crippen LogP contribution in [0.2, 0.25) is 0 Å². The molecule has 0 saturated heterocycles. The summed E-state index contributed by atoms with van der Waals surface area (Å²) in [6, 6.07) is 7.22. The van der Waals surface area contributed by atoms with Crippen LogP contribution in [0, 0.1) is 0 Å². The number of rotatable bonds is 4. The molecule has 194 valence electrons. The Kier molecular flexibility index (Phi) is 6.64. The second-order valence-corrected chi connectivity index (χ2v) is 10.5. The Balaban J connectivity index is 1.72. The fourth-order valence-electron chi connectivity index (χ4n) is 3.63. The number of aryl methyl sites for hydroxylation is 1. The van der Waals surface area contributed by atoms with E-state index in [1.165, 1.54) is 4.90 Å². The highest BCUT2D eigenvalue weighted by Crippen LogP contribution is 2.33. The zero-order valence-electron chi connectivity index (χ0n) is 22.0. The number of aromatic amines is 1. The third-order valence-corrected chi connectivity index (χ3v) is 5.00. The van der Waals surface area contributed by atoms with Crippen molar-refractivity contribution in [1.82, 2.24) is 24.7 Å². The molecule has 0 spiro atoms. The summed E-state index contributed by atoms with van der Waals surface area (Å²) in [4.78, 5) is 39.1. The van der Waals surface area contributed by atoms with Crippen LogP contribution in [0.4, 0.5) is 26.9 Å². The monoisotopic (exact) mass is 505 g/mol. The highest BCUT2D eigenvalue weighted by atomic mass is 16.6. The minimum atomic E-state index is -0.720. The van der Waals surface area contributed by atoms with Crippen molar-refractivity contribution in [3.8, 4) is 11.3 Å². The number of carbonyl (C=O) groups is 2. The van der Waals surface area contributed by atoms with Crippen molar-refractivity contribution in [3.63, 3.8) is 0 Å². The molecule has 0 aliphatic heterocycles. The number of hydrogen-bond acceptors (Lipinski definition) is 7. The van der Waals surface area contributed by atoms with Crippen molar-refractivity contribution in [3.05, 3.63) is 49.1 Å². The van der Waals surface area contributed by atoms with Crippen LogP contribution in [-0.2, 0) is 16.5 Å². The quantitative estimate of drug-likeness (QED) is 0.360. The van der Waals surface area contributed by atoms with E-state index in [9.17, 15) is 9.59 Å². The molecule has 3 aromatic heterocycles. The van der Waals surface area contributed by atoms with Gasteiger partial charge in [0.1, 0.15) is 11.2 Å². The van der Waals surface area contributed by atoms with Crippen LogP contribution in [0.3, 0.4) is 0 Å². The SMILES string of the molecule is Cn1cc(N(C(=O)OC(C)(C)C)c2nccc(-c3ccc(NC(=O)OC(C)(C)C)c4cc[nH]c34)n2)cn1. The number of hydrogen-bond donors (Lipinski definition) is 2. The zero-order chi connectivity index (χ0) is 27.0. The van der Waals surface area contributed by atoms with E-state index in [1.807, 2.05) is 12.1 Å². The van der Waals surface area contributed by atoms with Crippen LogP contribution in [0.15, 0.2) is 49.1 Å². The van der Waals surface area contributed by atoms with Crippen molar-refractivity contribution < 1.29 is 19.1 Å². The first-order chi connectivity index (χ1) is 17.3. The highest BCUT2D eigenvalue weighted by Gasteiger charge is 2.28. The molecular weight excluding hydrogens is 474 g/mol. The molecule has 0 fully saturated rings. The molecule has 0 unspecified atom stereocenters. The maximum atomic E-state index is 13.2. The molecule has 0 atom stereocenters. The van der Waals surface area contributed by atoms with E-state index >= 15 is 0 Å². The van der Waals surface area contributed by atoms with Gasteiger partial charge in [-0.3, -0.25) is 10.00 Å². The number of benzene rings is 1. The Labute approximate surface area is 214 Å². The van der Waals surface area contributed by atoms with Crippen molar-refractivity contribution in [2.24, 2.45) is 7.05 Å². The van der Waals surface area contributed by atoms with E-state index in [0.29, 0.717) is 17.1 Å². The standard InChI is InChI=1S/C26H31N7O4/c1-25(2,3)36-23(34)31-19-9-8-17(21-18(19)10-12-27-21)20-11-13-28-22(30-20)33(16-14-29-32(7)15-16)24(35)37-26(4,5)6/h8-15,27H,1-7H3,(H,31,34). The molecule has 11 heteroatoms. The van der Waals surface area contributed by atoms with Gasteiger partial charge in [0.25, 0.3) is 0 Å². The van der Waals surface area contributed by atoms with Crippen LogP contribution >= 0.6 is 0 Å². The molecule has 3 heterocycles. The number of nitrogens with one attached hydrogen (secondary N) is 2. The lowest BCUT2D eigenvalue weighted by Gasteiger charge is -2.25. The van der Waals surface area contributed by atoms with E-state index in [2.05, 4.69) is 20.4 Å². The summed E-state index contributed by atoms with van der Waals surface area (Å²) in [5.74, 6) is 0.135. The van der Waals surface area contributed by atoms with Gasteiger partial charge in [0, 0.05) is 36.6 Å². The first-order valence-corrected chi connectivity index (χ1v) is 11.8. The minimum absolute atomic E-state index is 0.135. The Morgan fingerprint density at radius 2 is 1.76 bits per heavy atom. The number of ether oxygens (including phenoxy) is 2. The summed E-state index contributed by atoms with van der Waals surface area (Å²) in [7, 11) is 1.75. The van der Waals surface area contributed by atoms with Crippen molar-refractivity contribution in [1.29, 1.82) is 0 Å². The molecule has 11 nitrogen and oxygen atoms in total. The maximum Gasteiger partial charge on any atom is 0.422 e. The largest absolute Gasteiger partial charge is 0.444 e. The Bertz CT molecular complexity index is 1440.